The van der Waals surface area contributed by atoms with Gasteiger partial charge in [-0.05, 0) is 57.7 Å². The lowest BCUT2D eigenvalue weighted by atomic mass is 9.96. The van der Waals surface area contributed by atoms with Crippen LogP contribution < -0.4 is 5.32 Å². The first-order valence-corrected chi connectivity index (χ1v) is 6.94. The van der Waals surface area contributed by atoms with Crippen LogP contribution in [-0.2, 0) is 0 Å². The fraction of sp³-hybridized carbons (Fsp3) is 1.00. The number of nitrogens with zero attached hydrogens (tertiary/aromatic N) is 1. The summed E-state index contributed by atoms with van der Waals surface area (Å²) >= 11 is 0. The molecule has 3 nitrogen and oxygen atoms in total. The summed E-state index contributed by atoms with van der Waals surface area (Å²) in [5.41, 5.74) is 0. The van der Waals surface area contributed by atoms with Crippen LogP contribution in [-0.4, -0.2) is 48.3 Å². The van der Waals surface area contributed by atoms with Gasteiger partial charge in [0, 0.05) is 12.6 Å². The molecule has 0 amide bonds. The van der Waals surface area contributed by atoms with Crippen molar-refractivity contribution in [1.29, 1.82) is 0 Å². The monoisotopic (exact) mass is 226 g/mol. The highest BCUT2D eigenvalue weighted by Gasteiger charge is 2.33. The molecule has 1 aliphatic carbocycles. The van der Waals surface area contributed by atoms with E-state index < -0.39 is 0 Å². The molecule has 2 fully saturated rings. The Morgan fingerprint density at radius 2 is 2.12 bits per heavy atom. The minimum absolute atomic E-state index is 0.0575. The maximum absolute atomic E-state index is 9.95. The third kappa shape index (κ3) is 2.96. The lowest BCUT2D eigenvalue weighted by molar-refractivity contribution is 0.0433. The molecule has 0 bridgehead atoms. The van der Waals surface area contributed by atoms with E-state index in [0.29, 0.717) is 6.04 Å². The number of rotatable bonds is 4. The lowest BCUT2D eigenvalue weighted by Gasteiger charge is -2.38. The van der Waals surface area contributed by atoms with Gasteiger partial charge in [-0.15, -0.1) is 0 Å². The van der Waals surface area contributed by atoms with Crippen LogP contribution in [0.1, 0.15) is 39.0 Å². The molecular weight excluding hydrogens is 200 g/mol. The third-order valence-electron chi connectivity index (χ3n) is 4.15. The molecule has 1 heterocycles. The number of hydrogen-bond acceptors (Lipinski definition) is 3. The van der Waals surface area contributed by atoms with Gasteiger partial charge in [-0.25, -0.2) is 0 Å². The molecule has 16 heavy (non-hydrogen) atoms. The zero-order chi connectivity index (χ0) is 11.4. The topological polar surface area (TPSA) is 35.5 Å². The van der Waals surface area contributed by atoms with E-state index in [2.05, 4.69) is 17.1 Å². The average molecular weight is 226 g/mol. The van der Waals surface area contributed by atoms with Crippen LogP contribution in [0.5, 0.6) is 0 Å². The minimum Gasteiger partial charge on any atom is -0.391 e. The summed E-state index contributed by atoms with van der Waals surface area (Å²) < 4.78 is 0. The van der Waals surface area contributed by atoms with E-state index in [1.807, 2.05) is 0 Å². The molecule has 2 rings (SSSR count). The molecule has 1 saturated carbocycles. The summed E-state index contributed by atoms with van der Waals surface area (Å²) in [5.74, 6) is 0.793. The van der Waals surface area contributed by atoms with Crippen LogP contribution in [0.2, 0.25) is 0 Å². The highest BCUT2D eigenvalue weighted by atomic mass is 16.3. The maximum atomic E-state index is 9.95. The Hall–Kier alpha value is -0.120. The molecule has 3 heteroatoms. The number of likely N-dealkylation sites (tertiary alicyclic amines) is 1. The predicted molar refractivity (Wildman–Crippen MR) is 66.5 cm³/mol. The minimum atomic E-state index is -0.0575. The molecule has 2 aliphatic rings. The first-order chi connectivity index (χ1) is 7.81. The zero-order valence-corrected chi connectivity index (χ0v) is 10.5. The van der Waals surface area contributed by atoms with E-state index in [1.54, 1.807) is 0 Å². The van der Waals surface area contributed by atoms with Gasteiger partial charge in [0.2, 0.25) is 0 Å². The molecule has 0 aromatic heterocycles. The van der Waals surface area contributed by atoms with Crippen molar-refractivity contribution in [2.75, 3.05) is 26.2 Å². The number of aliphatic hydroxyl groups is 1. The normalized spacial score (nSPS) is 36.8. The van der Waals surface area contributed by atoms with Crippen molar-refractivity contribution in [2.45, 2.75) is 51.2 Å². The van der Waals surface area contributed by atoms with Crippen molar-refractivity contribution in [2.24, 2.45) is 5.92 Å². The molecule has 0 aromatic carbocycles. The second kappa shape index (κ2) is 5.99. The van der Waals surface area contributed by atoms with Crippen molar-refractivity contribution in [3.05, 3.63) is 0 Å². The largest absolute Gasteiger partial charge is 0.391 e. The fourth-order valence-electron chi connectivity index (χ4n) is 3.26. The van der Waals surface area contributed by atoms with E-state index in [1.165, 1.54) is 38.8 Å². The van der Waals surface area contributed by atoms with Gasteiger partial charge in [0.25, 0.3) is 0 Å². The van der Waals surface area contributed by atoms with Crippen LogP contribution in [0.4, 0.5) is 0 Å². The molecule has 3 unspecified atom stereocenters. The van der Waals surface area contributed by atoms with Crippen molar-refractivity contribution in [3.8, 4) is 0 Å². The van der Waals surface area contributed by atoms with E-state index >= 15 is 0 Å². The predicted octanol–water partition coefficient (Wildman–Crippen LogP) is 1.22. The summed E-state index contributed by atoms with van der Waals surface area (Å²) in [6.07, 6.45) is 6.03. The molecule has 0 radical (unpaired) electrons. The molecule has 1 aliphatic heterocycles. The van der Waals surface area contributed by atoms with Gasteiger partial charge in [0.15, 0.2) is 0 Å². The Morgan fingerprint density at radius 3 is 2.81 bits per heavy atom. The van der Waals surface area contributed by atoms with Gasteiger partial charge in [0.05, 0.1) is 6.10 Å². The number of hydrogen-bond donors (Lipinski definition) is 2. The second-order valence-corrected chi connectivity index (χ2v) is 5.38. The lowest BCUT2D eigenvalue weighted by Crippen LogP contribution is -2.47. The number of piperidine rings is 1. The van der Waals surface area contributed by atoms with Crippen molar-refractivity contribution < 1.29 is 5.11 Å². The van der Waals surface area contributed by atoms with Crippen molar-refractivity contribution >= 4 is 0 Å². The Balaban J connectivity index is 1.81. The first kappa shape index (κ1) is 12.3. The standard InChI is InChI=1S/C13H26N2O/c1-2-14-9-11-5-4-8-15(10-11)12-6-3-7-13(12)16/h11-14,16H,2-10H2,1H3. The molecule has 0 aromatic rings. The van der Waals surface area contributed by atoms with Crippen LogP contribution in [0.3, 0.4) is 0 Å². The highest BCUT2D eigenvalue weighted by Crippen LogP contribution is 2.28. The fourth-order valence-corrected chi connectivity index (χ4v) is 3.26. The van der Waals surface area contributed by atoms with E-state index in [9.17, 15) is 5.11 Å². The first-order valence-electron chi connectivity index (χ1n) is 6.94. The quantitative estimate of drug-likeness (QED) is 0.756. The Labute approximate surface area is 99.2 Å². The molecule has 3 atom stereocenters. The van der Waals surface area contributed by atoms with E-state index in [-0.39, 0.29) is 6.10 Å². The Morgan fingerprint density at radius 1 is 1.25 bits per heavy atom. The molecule has 2 N–H and O–H groups in total. The summed E-state index contributed by atoms with van der Waals surface area (Å²) in [6.45, 7) is 6.78. The SMILES string of the molecule is CCNCC1CCCN(C2CCCC2O)C1. The van der Waals surface area contributed by atoms with Gasteiger partial charge >= 0.3 is 0 Å². The van der Waals surface area contributed by atoms with E-state index in [4.69, 9.17) is 0 Å². The molecule has 0 spiro atoms. The van der Waals surface area contributed by atoms with Crippen molar-refractivity contribution in [1.82, 2.24) is 10.2 Å². The third-order valence-corrected chi connectivity index (χ3v) is 4.15. The van der Waals surface area contributed by atoms with Gasteiger partial charge in [-0.2, -0.15) is 0 Å². The molecule has 1 saturated heterocycles. The molecule has 94 valence electrons. The highest BCUT2D eigenvalue weighted by molar-refractivity contribution is 4.88. The van der Waals surface area contributed by atoms with E-state index in [0.717, 1.165) is 25.4 Å². The Bertz CT molecular complexity index is 210. The summed E-state index contributed by atoms with van der Waals surface area (Å²) in [4.78, 5) is 2.54. The van der Waals surface area contributed by atoms with Gasteiger partial charge in [-0.3, -0.25) is 4.90 Å². The number of aliphatic hydroxyl groups excluding tert-OH is 1. The molecular formula is C13H26N2O. The summed E-state index contributed by atoms with van der Waals surface area (Å²) in [6, 6.07) is 0.462. The van der Waals surface area contributed by atoms with Gasteiger partial charge in [0.1, 0.15) is 0 Å². The van der Waals surface area contributed by atoms with Gasteiger partial charge in [-0.1, -0.05) is 6.92 Å². The Kier molecular flexibility index (Phi) is 4.62. The smallest absolute Gasteiger partial charge is 0.0695 e. The van der Waals surface area contributed by atoms with Crippen molar-refractivity contribution in [3.63, 3.8) is 0 Å². The van der Waals surface area contributed by atoms with Gasteiger partial charge < -0.3 is 10.4 Å². The average Bonchev–Trinajstić information content (AvgIpc) is 2.73. The second-order valence-electron chi connectivity index (χ2n) is 5.38. The van der Waals surface area contributed by atoms with Crippen LogP contribution in [0.15, 0.2) is 0 Å². The van der Waals surface area contributed by atoms with Crippen LogP contribution >= 0.6 is 0 Å². The van der Waals surface area contributed by atoms with Crippen LogP contribution in [0, 0.1) is 5.92 Å². The number of nitrogens with one attached hydrogen (secondary N) is 1. The summed E-state index contributed by atoms with van der Waals surface area (Å²) in [7, 11) is 0. The maximum Gasteiger partial charge on any atom is 0.0695 e. The summed E-state index contributed by atoms with van der Waals surface area (Å²) in [5, 5.41) is 13.4. The van der Waals surface area contributed by atoms with Crippen LogP contribution in [0.25, 0.3) is 0 Å². The zero-order valence-electron chi connectivity index (χ0n) is 10.5.